The Labute approximate surface area is 135 Å². The summed E-state index contributed by atoms with van der Waals surface area (Å²) < 4.78 is 5.79. The van der Waals surface area contributed by atoms with E-state index in [1.165, 1.54) is 16.0 Å². The first-order chi connectivity index (χ1) is 10.8. The van der Waals surface area contributed by atoms with E-state index in [0.29, 0.717) is 6.61 Å². The third-order valence-electron chi connectivity index (χ3n) is 3.57. The van der Waals surface area contributed by atoms with Crippen molar-refractivity contribution in [1.82, 2.24) is 0 Å². The Hall–Kier alpha value is -2.10. The summed E-state index contributed by atoms with van der Waals surface area (Å²) in [4.78, 5) is 1.21. The van der Waals surface area contributed by atoms with E-state index in [0.717, 1.165) is 12.2 Å². The Bertz CT molecular complexity index is 677. The van der Waals surface area contributed by atoms with E-state index in [1.807, 2.05) is 36.4 Å². The first kappa shape index (κ1) is 14.8. The van der Waals surface area contributed by atoms with Crippen molar-refractivity contribution in [2.75, 3.05) is 6.61 Å². The van der Waals surface area contributed by atoms with Crippen molar-refractivity contribution in [2.24, 2.45) is 5.73 Å². The van der Waals surface area contributed by atoms with Gasteiger partial charge in [0.15, 0.2) is 0 Å². The van der Waals surface area contributed by atoms with Gasteiger partial charge >= 0.3 is 0 Å². The number of hydrogen-bond donors (Lipinski definition) is 1. The second-order valence-electron chi connectivity index (χ2n) is 5.15. The maximum absolute atomic E-state index is 6.13. The highest BCUT2D eigenvalue weighted by Gasteiger charge is 2.07. The summed E-state index contributed by atoms with van der Waals surface area (Å²) >= 11 is 1.70. The van der Waals surface area contributed by atoms with E-state index in [1.54, 1.807) is 11.3 Å². The van der Waals surface area contributed by atoms with E-state index >= 15 is 0 Å². The highest BCUT2D eigenvalue weighted by molar-refractivity contribution is 7.10. The van der Waals surface area contributed by atoms with Gasteiger partial charge in [-0.15, -0.1) is 11.3 Å². The molecule has 0 saturated carbocycles. The topological polar surface area (TPSA) is 35.2 Å². The first-order valence-electron chi connectivity index (χ1n) is 7.40. The van der Waals surface area contributed by atoms with Crippen LogP contribution in [0.25, 0.3) is 11.1 Å². The van der Waals surface area contributed by atoms with Crippen LogP contribution in [0.5, 0.6) is 5.75 Å². The lowest BCUT2D eigenvalue weighted by molar-refractivity contribution is 0.299. The fourth-order valence-corrected chi connectivity index (χ4v) is 3.09. The Morgan fingerprint density at radius 2 is 1.59 bits per heavy atom. The molecule has 0 aliphatic heterocycles. The highest BCUT2D eigenvalue weighted by atomic mass is 32.1. The predicted molar refractivity (Wildman–Crippen MR) is 93.2 cm³/mol. The molecule has 2 nitrogen and oxygen atoms in total. The lowest BCUT2D eigenvalue weighted by Gasteiger charge is -2.11. The van der Waals surface area contributed by atoms with Gasteiger partial charge in [-0.25, -0.2) is 0 Å². The summed E-state index contributed by atoms with van der Waals surface area (Å²) in [7, 11) is 0. The number of benzene rings is 2. The normalized spacial score (nSPS) is 12.0. The van der Waals surface area contributed by atoms with Crippen molar-refractivity contribution in [1.29, 1.82) is 0 Å². The molecule has 0 spiro atoms. The van der Waals surface area contributed by atoms with Gasteiger partial charge in [0.25, 0.3) is 0 Å². The monoisotopic (exact) mass is 309 g/mol. The molecule has 1 unspecified atom stereocenters. The molecule has 1 heterocycles. The van der Waals surface area contributed by atoms with Crippen LogP contribution in [0.2, 0.25) is 0 Å². The fraction of sp³-hybridized carbons (Fsp3) is 0.158. The van der Waals surface area contributed by atoms with Crippen LogP contribution in [-0.2, 0) is 0 Å². The minimum absolute atomic E-state index is 0.0589. The number of nitrogens with two attached hydrogens (primary N) is 1. The smallest absolute Gasteiger partial charge is 0.119 e. The molecule has 1 aromatic heterocycles. The maximum atomic E-state index is 6.13. The molecule has 2 aromatic carbocycles. The van der Waals surface area contributed by atoms with Crippen LogP contribution in [-0.4, -0.2) is 6.61 Å². The summed E-state index contributed by atoms with van der Waals surface area (Å²) in [6, 6.07) is 22.7. The number of hydrogen-bond acceptors (Lipinski definition) is 3. The van der Waals surface area contributed by atoms with Crippen molar-refractivity contribution in [3.8, 4) is 16.9 Å². The van der Waals surface area contributed by atoms with E-state index in [2.05, 4.69) is 35.7 Å². The molecule has 3 heteroatoms. The van der Waals surface area contributed by atoms with E-state index in [4.69, 9.17) is 10.5 Å². The van der Waals surface area contributed by atoms with Crippen molar-refractivity contribution in [3.05, 3.63) is 77.0 Å². The van der Waals surface area contributed by atoms with Gasteiger partial charge in [0.2, 0.25) is 0 Å². The fourth-order valence-electron chi connectivity index (χ4n) is 2.32. The largest absolute Gasteiger partial charge is 0.494 e. The number of rotatable bonds is 6. The Kier molecular flexibility index (Phi) is 4.88. The molecule has 0 aliphatic carbocycles. The van der Waals surface area contributed by atoms with Gasteiger partial charge in [-0.2, -0.15) is 0 Å². The van der Waals surface area contributed by atoms with Crippen molar-refractivity contribution in [2.45, 2.75) is 12.5 Å². The predicted octanol–water partition coefficient (Wildman–Crippen LogP) is 4.88. The molecule has 22 heavy (non-hydrogen) atoms. The van der Waals surface area contributed by atoms with Crippen molar-refractivity contribution in [3.63, 3.8) is 0 Å². The van der Waals surface area contributed by atoms with Crippen LogP contribution in [0.4, 0.5) is 0 Å². The van der Waals surface area contributed by atoms with Crippen LogP contribution < -0.4 is 10.5 Å². The summed E-state index contributed by atoms with van der Waals surface area (Å²) in [5, 5.41) is 2.05. The summed E-state index contributed by atoms with van der Waals surface area (Å²) in [6.45, 7) is 0.629. The van der Waals surface area contributed by atoms with E-state index < -0.39 is 0 Å². The van der Waals surface area contributed by atoms with Crippen LogP contribution in [0.3, 0.4) is 0 Å². The number of thiophene rings is 1. The van der Waals surface area contributed by atoms with Gasteiger partial charge in [-0.1, -0.05) is 48.5 Å². The standard InChI is InChI=1S/C19H19NOS/c20-18(19-7-4-14-22-19)12-13-21-17-10-8-16(9-11-17)15-5-2-1-3-6-15/h1-11,14,18H,12-13,20H2. The minimum atomic E-state index is 0.0589. The van der Waals surface area contributed by atoms with Crippen LogP contribution >= 0.6 is 11.3 Å². The highest BCUT2D eigenvalue weighted by Crippen LogP contribution is 2.23. The minimum Gasteiger partial charge on any atom is -0.494 e. The van der Waals surface area contributed by atoms with Gasteiger partial charge in [0, 0.05) is 17.3 Å². The number of ether oxygens (including phenoxy) is 1. The van der Waals surface area contributed by atoms with Gasteiger partial charge in [0.1, 0.15) is 5.75 Å². The molecule has 2 N–H and O–H groups in total. The molecule has 0 radical (unpaired) electrons. The Balaban J connectivity index is 1.53. The molecule has 3 rings (SSSR count). The molecule has 112 valence electrons. The lowest BCUT2D eigenvalue weighted by Crippen LogP contribution is -2.12. The van der Waals surface area contributed by atoms with Gasteiger partial charge < -0.3 is 10.5 Å². The Morgan fingerprint density at radius 1 is 0.864 bits per heavy atom. The van der Waals surface area contributed by atoms with Gasteiger partial charge in [-0.3, -0.25) is 0 Å². The van der Waals surface area contributed by atoms with Crippen LogP contribution in [0, 0.1) is 0 Å². The van der Waals surface area contributed by atoms with Crippen LogP contribution in [0.15, 0.2) is 72.1 Å². The van der Waals surface area contributed by atoms with E-state index in [-0.39, 0.29) is 6.04 Å². The summed E-state index contributed by atoms with van der Waals surface area (Å²) in [5.41, 5.74) is 8.55. The van der Waals surface area contributed by atoms with Gasteiger partial charge in [-0.05, 0) is 34.7 Å². The molecular formula is C19H19NOS. The lowest BCUT2D eigenvalue weighted by atomic mass is 10.1. The van der Waals surface area contributed by atoms with Crippen molar-refractivity contribution >= 4 is 11.3 Å². The van der Waals surface area contributed by atoms with Gasteiger partial charge in [0.05, 0.1) is 6.61 Å². The first-order valence-corrected chi connectivity index (χ1v) is 8.28. The summed E-state index contributed by atoms with van der Waals surface area (Å²) in [5.74, 6) is 0.887. The zero-order valence-electron chi connectivity index (χ0n) is 12.3. The zero-order chi connectivity index (χ0) is 15.2. The average molecular weight is 309 g/mol. The van der Waals surface area contributed by atoms with Crippen LogP contribution in [0.1, 0.15) is 17.3 Å². The Morgan fingerprint density at radius 3 is 2.27 bits per heavy atom. The second-order valence-corrected chi connectivity index (χ2v) is 6.13. The summed E-state index contributed by atoms with van der Waals surface area (Å²) in [6.07, 6.45) is 0.820. The SMILES string of the molecule is NC(CCOc1ccc(-c2ccccc2)cc1)c1cccs1. The molecule has 0 saturated heterocycles. The second kappa shape index (κ2) is 7.25. The average Bonchev–Trinajstić information content (AvgIpc) is 3.11. The molecule has 0 fully saturated rings. The molecule has 1 atom stereocenters. The molecule has 0 amide bonds. The maximum Gasteiger partial charge on any atom is 0.119 e. The molecular weight excluding hydrogens is 290 g/mol. The van der Waals surface area contributed by atoms with Crippen molar-refractivity contribution < 1.29 is 4.74 Å². The van der Waals surface area contributed by atoms with E-state index in [9.17, 15) is 0 Å². The molecule has 3 aromatic rings. The third kappa shape index (κ3) is 3.75. The molecule has 0 aliphatic rings. The zero-order valence-corrected chi connectivity index (χ0v) is 13.1. The molecule has 0 bridgehead atoms. The quantitative estimate of drug-likeness (QED) is 0.704. The third-order valence-corrected chi connectivity index (χ3v) is 4.57.